The van der Waals surface area contributed by atoms with Crippen LogP contribution in [0, 0.1) is 0 Å². The Morgan fingerprint density at radius 2 is 2.32 bits per heavy atom. The number of benzene rings is 1. The highest BCUT2D eigenvalue weighted by molar-refractivity contribution is 5.78. The number of amides is 1. The van der Waals surface area contributed by atoms with Crippen LogP contribution in [0.3, 0.4) is 0 Å². The van der Waals surface area contributed by atoms with Gasteiger partial charge in [0.1, 0.15) is 5.75 Å². The fourth-order valence-electron chi connectivity index (χ4n) is 3.08. The number of nitrogens with zero attached hydrogens (tertiary/aromatic N) is 1. The van der Waals surface area contributed by atoms with E-state index in [1.165, 1.54) is 11.1 Å². The summed E-state index contributed by atoms with van der Waals surface area (Å²) in [5.74, 6) is 1.18. The maximum Gasteiger partial charge on any atom is 0.220 e. The van der Waals surface area contributed by atoms with Crippen LogP contribution in [0.25, 0.3) is 0 Å². The van der Waals surface area contributed by atoms with Gasteiger partial charge >= 0.3 is 0 Å². The van der Waals surface area contributed by atoms with Crippen molar-refractivity contribution in [3.05, 3.63) is 29.3 Å². The van der Waals surface area contributed by atoms with Crippen LogP contribution < -0.4 is 10.1 Å². The number of ether oxygens (including phenoxy) is 1. The lowest BCUT2D eigenvalue weighted by Gasteiger charge is -2.31. The van der Waals surface area contributed by atoms with E-state index < -0.39 is 0 Å². The van der Waals surface area contributed by atoms with Crippen LogP contribution in [0.1, 0.15) is 24.0 Å². The highest BCUT2D eigenvalue weighted by atomic mass is 16.5. The highest BCUT2D eigenvalue weighted by Crippen LogP contribution is 2.28. The average Bonchev–Trinajstić information content (AvgIpc) is 2.83. The molecule has 0 spiro atoms. The molecule has 0 aromatic heterocycles. The zero-order valence-electron chi connectivity index (χ0n) is 11.3. The predicted molar refractivity (Wildman–Crippen MR) is 73.1 cm³/mol. The van der Waals surface area contributed by atoms with Crippen molar-refractivity contribution in [1.29, 1.82) is 0 Å². The van der Waals surface area contributed by atoms with Gasteiger partial charge in [0, 0.05) is 37.7 Å². The average molecular weight is 260 g/mol. The fourth-order valence-corrected chi connectivity index (χ4v) is 3.08. The number of rotatable bonds is 3. The van der Waals surface area contributed by atoms with Gasteiger partial charge in [0.15, 0.2) is 0 Å². The van der Waals surface area contributed by atoms with E-state index in [1.807, 2.05) is 6.07 Å². The summed E-state index contributed by atoms with van der Waals surface area (Å²) < 4.78 is 5.45. The molecular weight excluding hydrogens is 240 g/mol. The molecule has 0 bridgehead atoms. The van der Waals surface area contributed by atoms with Crippen molar-refractivity contribution < 1.29 is 9.53 Å². The van der Waals surface area contributed by atoms with Gasteiger partial charge in [-0.1, -0.05) is 12.1 Å². The summed E-state index contributed by atoms with van der Waals surface area (Å²) >= 11 is 0. The topological polar surface area (TPSA) is 41.6 Å². The van der Waals surface area contributed by atoms with Gasteiger partial charge in [-0.05, 0) is 24.5 Å². The van der Waals surface area contributed by atoms with Crippen molar-refractivity contribution in [3.63, 3.8) is 0 Å². The first kappa shape index (κ1) is 12.5. The molecule has 1 atom stereocenters. The smallest absolute Gasteiger partial charge is 0.220 e. The van der Waals surface area contributed by atoms with E-state index in [-0.39, 0.29) is 5.91 Å². The summed E-state index contributed by atoms with van der Waals surface area (Å²) in [7, 11) is 1.73. The molecular formula is C15H20N2O2. The van der Waals surface area contributed by atoms with Crippen molar-refractivity contribution in [2.24, 2.45) is 0 Å². The molecule has 4 nitrogen and oxygen atoms in total. The first-order valence-electron chi connectivity index (χ1n) is 6.93. The molecule has 1 saturated heterocycles. The van der Waals surface area contributed by atoms with Gasteiger partial charge in [0.25, 0.3) is 0 Å². The van der Waals surface area contributed by atoms with Crippen molar-refractivity contribution in [1.82, 2.24) is 10.2 Å². The van der Waals surface area contributed by atoms with Crippen LogP contribution in [0.15, 0.2) is 18.2 Å². The van der Waals surface area contributed by atoms with Crippen molar-refractivity contribution in [2.75, 3.05) is 20.2 Å². The molecule has 1 aromatic rings. The molecule has 1 unspecified atom stereocenters. The Hall–Kier alpha value is -1.55. The van der Waals surface area contributed by atoms with E-state index in [4.69, 9.17) is 4.74 Å². The number of methoxy groups -OCH3 is 1. The number of carbonyl (C=O) groups is 1. The Labute approximate surface area is 113 Å². The van der Waals surface area contributed by atoms with E-state index in [0.717, 1.165) is 38.2 Å². The minimum Gasteiger partial charge on any atom is -0.496 e. The third-order valence-electron chi connectivity index (χ3n) is 4.09. The summed E-state index contributed by atoms with van der Waals surface area (Å²) in [5.41, 5.74) is 2.70. The van der Waals surface area contributed by atoms with Crippen LogP contribution in [0.2, 0.25) is 0 Å². The Morgan fingerprint density at radius 1 is 1.42 bits per heavy atom. The SMILES string of the molecule is COc1cccc2c1CN(CC1CCC(=O)N1)CC2. The zero-order valence-corrected chi connectivity index (χ0v) is 11.3. The van der Waals surface area contributed by atoms with Gasteiger partial charge in [-0.3, -0.25) is 9.69 Å². The third-order valence-corrected chi connectivity index (χ3v) is 4.09. The van der Waals surface area contributed by atoms with Crippen molar-refractivity contribution in [3.8, 4) is 5.75 Å². The van der Waals surface area contributed by atoms with E-state index in [9.17, 15) is 4.79 Å². The molecule has 0 radical (unpaired) electrons. The summed E-state index contributed by atoms with van der Waals surface area (Å²) in [6, 6.07) is 6.60. The molecule has 1 fully saturated rings. The van der Waals surface area contributed by atoms with Gasteiger partial charge < -0.3 is 10.1 Å². The van der Waals surface area contributed by atoms with Crippen LogP contribution in [-0.2, 0) is 17.8 Å². The molecule has 2 aliphatic rings. The second kappa shape index (κ2) is 5.21. The molecule has 0 saturated carbocycles. The summed E-state index contributed by atoms with van der Waals surface area (Å²) in [5, 5.41) is 3.04. The molecule has 1 aromatic carbocycles. The zero-order chi connectivity index (χ0) is 13.2. The number of carbonyl (C=O) groups excluding carboxylic acids is 1. The molecule has 3 rings (SSSR count). The van der Waals surface area contributed by atoms with Gasteiger partial charge in [0.2, 0.25) is 5.91 Å². The lowest BCUT2D eigenvalue weighted by Crippen LogP contribution is -2.41. The second-order valence-electron chi connectivity index (χ2n) is 5.39. The van der Waals surface area contributed by atoms with Gasteiger partial charge in [-0.2, -0.15) is 0 Å². The van der Waals surface area contributed by atoms with E-state index in [1.54, 1.807) is 7.11 Å². The monoisotopic (exact) mass is 260 g/mol. The first-order valence-corrected chi connectivity index (χ1v) is 6.93. The first-order chi connectivity index (χ1) is 9.26. The largest absolute Gasteiger partial charge is 0.496 e. The Balaban J connectivity index is 1.69. The second-order valence-corrected chi connectivity index (χ2v) is 5.39. The van der Waals surface area contributed by atoms with Crippen LogP contribution >= 0.6 is 0 Å². The molecule has 4 heteroatoms. The molecule has 1 N–H and O–H groups in total. The molecule has 2 aliphatic heterocycles. The fraction of sp³-hybridized carbons (Fsp3) is 0.533. The molecule has 19 heavy (non-hydrogen) atoms. The van der Waals surface area contributed by atoms with Crippen molar-refractivity contribution >= 4 is 5.91 Å². The summed E-state index contributed by atoms with van der Waals surface area (Å²) in [6.45, 7) is 2.93. The van der Waals surface area contributed by atoms with Crippen LogP contribution in [0.4, 0.5) is 0 Å². The van der Waals surface area contributed by atoms with Crippen LogP contribution in [-0.4, -0.2) is 37.0 Å². The normalized spacial score (nSPS) is 23.0. The van der Waals surface area contributed by atoms with Gasteiger partial charge in [0.05, 0.1) is 7.11 Å². The number of fused-ring (bicyclic) bond motifs is 1. The van der Waals surface area contributed by atoms with E-state index >= 15 is 0 Å². The predicted octanol–water partition coefficient (Wildman–Crippen LogP) is 1.33. The van der Waals surface area contributed by atoms with Crippen molar-refractivity contribution in [2.45, 2.75) is 31.8 Å². The lowest BCUT2D eigenvalue weighted by molar-refractivity contribution is -0.119. The lowest BCUT2D eigenvalue weighted by atomic mass is 9.98. The van der Waals surface area contributed by atoms with Gasteiger partial charge in [-0.15, -0.1) is 0 Å². The number of hydrogen-bond donors (Lipinski definition) is 1. The maximum absolute atomic E-state index is 11.2. The Bertz CT molecular complexity index is 473. The van der Waals surface area contributed by atoms with Crippen LogP contribution in [0.5, 0.6) is 5.75 Å². The molecule has 1 amide bonds. The standard InChI is InChI=1S/C15H20N2O2/c1-19-14-4-2-3-11-7-8-17(10-13(11)14)9-12-5-6-15(18)16-12/h2-4,12H,5-10H2,1H3,(H,16,18). The summed E-state index contributed by atoms with van der Waals surface area (Å²) in [6.07, 6.45) is 2.71. The Morgan fingerprint density at radius 3 is 3.05 bits per heavy atom. The maximum atomic E-state index is 11.2. The number of nitrogens with one attached hydrogen (secondary N) is 1. The van der Waals surface area contributed by atoms with E-state index in [2.05, 4.69) is 22.3 Å². The highest BCUT2D eigenvalue weighted by Gasteiger charge is 2.26. The quantitative estimate of drug-likeness (QED) is 0.891. The minimum absolute atomic E-state index is 0.194. The Kier molecular flexibility index (Phi) is 3.42. The molecule has 0 aliphatic carbocycles. The summed E-state index contributed by atoms with van der Waals surface area (Å²) in [4.78, 5) is 13.7. The van der Waals surface area contributed by atoms with E-state index in [0.29, 0.717) is 12.5 Å². The molecule has 102 valence electrons. The number of hydrogen-bond acceptors (Lipinski definition) is 3. The molecule has 2 heterocycles. The minimum atomic E-state index is 0.194. The van der Waals surface area contributed by atoms with Gasteiger partial charge in [-0.25, -0.2) is 0 Å². The third kappa shape index (κ3) is 2.59.